The van der Waals surface area contributed by atoms with Gasteiger partial charge in [-0.25, -0.2) is 0 Å². The molecule has 1 aromatic rings. The van der Waals surface area contributed by atoms with Gasteiger partial charge in [0.15, 0.2) is 0 Å². The molecule has 0 spiro atoms. The van der Waals surface area contributed by atoms with E-state index in [-0.39, 0.29) is 5.56 Å². The summed E-state index contributed by atoms with van der Waals surface area (Å²) in [5.74, 6) is 0. The molecule has 0 aliphatic heterocycles. The molecule has 0 aromatic carbocycles. The normalized spacial score (nSPS) is 11.0. The average Bonchev–Trinajstić information content (AvgIpc) is 2.32. The summed E-state index contributed by atoms with van der Waals surface area (Å²) in [4.78, 5) is 15.8. The van der Waals surface area contributed by atoms with Crippen LogP contribution in [0.15, 0.2) is 23.1 Å². The standard InChI is InChI=1S/C12H21N3O2/c1-15(7-5-13-6-8-17-2)10-11-3-4-12(16)14-9-11/h3-4,9,13H,5-8,10H2,1-2H3,(H,14,16). The Hall–Kier alpha value is -1.17. The smallest absolute Gasteiger partial charge is 0.247 e. The number of H-pyrrole nitrogens is 1. The second-order valence-corrected chi connectivity index (χ2v) is 4.04. The first kappa shape index (κ1) is 13.9. The second-order valence-electron chi connectivity index (χ2n) is 4.04. The highest BCUT2D eigenvalue weighted by atomic mass is 16.5. The van der Waals surface area contributed by atoms with E-state index < -0.39 is 0 Å². The molecule has 96 valence electrons. The van der Waals surface area contributed by atoms with Gasteiger partial charge >= 0.3 is 0 Å². The van der Waals surface area contributed by atoms with Crippen molar-refractivity contribution < 1.29 is 4.74 Å². The third kappa shape index (κ3) is 6.21. The molecule has 0 atom stereocenters. The molecule has 0 amide bonds. The number of ether oxygens (including phenoxy) is 1. The summed E-state index contributed by atoms with van der Waals surface area (Å²) in [6.07, 6.45) is 1.76. The lowest BCUT2D eigenvalue weighted by Gasteiger charge is -2.16. The molecule has 0 radical (unpaired) electrons. The third-order valence-electron chi connectivity index (χ3n) is 2.45. The first-order chi connectivity index (χ1) is 8.22. The van der Waals surface area contributed by atoms with Crippen LogP contribution >= 0.6 is 0 Å². The van der Waals surface area contributed by atoms with Crippen molar-refractivity contribution in [2.45, 2.75) is 6.54 Å². The zero-order valence-electron chi connectivity index (χ0n) is 10.5. The van der Waals surface area contributed by atoms with Crippen molar-refractivity contribution in [3.05, 3.63) is 34.2 Å². The minimum absolute atomic E-state index is 0.0577. The van der Waals surface area contributed by atoms with Gasteiger partial charge in [0.05, 0.1) is 6.61 Å². The Morgan fingerprint density at radius 1 is 1.41 bits per heavy atom. The van der Waals surface area contributed by atoms with Gasteiger partial charge in [-0.2, -0.15) is 0 Å². The fourth-order valence-corrected chi connectivity index (χ4v) is 1.50. The Balaban J connectivity index is 2.18. The van der Waals surface area contributed by atoms with Crippen LogP contribution in [0.25, 0.3) is 0 Å². The zero-order valence-corrected chi connectivity index (χ0v) is 10.5. The summed E-state index contributed by atoms with van der Waals surface area (Å²) in [5, 5.41) is 3.29. The molecule has 1 heterocycles. The Labute approximate surface area is 102 Å². The quantitative estimate of drug-likeness (QED) is 0.629. The molecule has 0 fully saturated rings. The number of aromatic nitrogens is 1. The SMILES string of the molecule is COCCNCCN(C)Cc1ccc(=O)[nH]c1. The Kier molecular flexibility index (Phi) is 6.54. The number of nitrogens with zero attached hydrogens (tertiary/aromatic N) is 1. The molecular weight excluding hydrogens is 218 g/mol. The number of hydrogen-bond acceptors (Lipinski definition) is 4. The van der Waals surface area contributed by atoms with Crippen molar-refractivity contribution in [1.82, 2.24) is 15.2 Å². The summed E-state index contributed by atoms with van der Waals surface area (Å²) < 4.78 is 4.95. The maximum Gasteiger partial charge on any atom is 0.247 e. The van der Waals surface area contributed by atoms with Crippen molar-refractivity contribution in [2.24, 2.45) is 0 Å². The van der Waals surface area contributed by atoms with Crippen LogP contribution in [0.3, 0.4) is 0 Å². The molecule has 17 heavy (non-hydrogen) atoms. The topological polar surface area (TPSA) is 57.4 Å². The lowest BCUT2D eigenvalue weighted by Crippen LogP contribution is -2.30. The molecular formula is C12H21N3O2. The molecule has 2 N–H and O–H groups in total. The Morgan fingerprint density at radius 2 is 2.24 bits per heavy atom. The largest absolute Gasteiger partial charge is 0.383 e. The van der Waals surface area contributed by atoms with E-state index >= 15 is 0 Å². The molecule has 0 saturated heterocycles. The number of rotatable bonds is 8. The number of pyridine rings is 1. The van der Waals surface area contributed by atoms with E-state index in [2.05, 4.69) is 22.2 Å². The van der Waals surface area contributed by atoms with Crippen LogP contribution in [0.2, 0.25) is 0 Å². The van der Waals surface area contributed by atoms with Gasteiger partial charge < -0.3 is 19.9 Å². The number of nitrogens with one attached hydrogen (secondary N) is 2. The highest BCUT2D eigenvalue weighted by molar-refractivity contribution is 5.08. The summed E-state index contributed by atoms with van der Waals surface area (Å²) in [5.41, 5.74) is 1.06. The van der Waals surface area contributed by atoms with Crippen molar-refractivity contribution in [3.63, 3.8) is 0 Å². The van der Waals surface area contributed by atoms with Gasteiger partial charge in [-0.15, -0.1) is 0 Å². The van der Waals surface area contributed by atoms with Crippen LogP contribution in [-0.2, 0) is 11.3 Å². The minimum Gasteiger partial charge on any atom is -0.383 e. The fourth-order valence-electron chi connectivity index (χ4n) is 1.50. The Morgan fingerprint density at radius 3 is 2.88 bits per heavy atom. The average molecular weight is 239 g/mol. The minimum atomic E-state index is -0.0577. The van der Waals surface area contributed by atoms with Gasteiger partial charge in [0.25, 0.3) is 0 Å². The highest BCUT2D eigenvalue weighted by Crippen LogP contribution is 1.97. The van der Waals surface area contributed by atoms with Crippen LogP contribution in [0, 0.1) is 0 Å². The predicted molar refractivity (Wildman–Crippen MR) is 68.1 cm³/mol. The van der Waals surface area contributed by atoms with E-state index in [1.54, 1.807) is 19.4 Å². The third-order valence-corrected chi connectivity index (χ3v) is 2.45. The van der Waals surface area contributed by atoms with Crippen LogP contribution in [0.4, 0.5) is 0 Å². The molecule has 0 unspecified atom stereocenters. The first-order valence-corrected chi connectivity index (χ1v) is 5.78. The molecule has 0 saturated carbocycles. The lowest BCUT2D eigenvalue weighted by molar-refractivity contribution is 0.197. The number of methoxy groups -OCH3 is 1. The predicted octanol–water partition coefficient (Wildman–Crippen LogP) is 0.0427. The van der Waals surface area contributed by atoms with E-state index in [0.29, 0.717) is 0 Å². The molecule has 0 bridgehead atoms. The summed E-state index contributed by atoms with van der Waals surface area (Å²) in [6, 6.07) is 3.41. The first-order valence-electron chi connectivity index (χ1n) is 5.78. The van der Waals surface area contributed by atoms with E-state index in [9.17, 15) is 4.79 Å². The Bertz CT molecular complexity index is 345. The molecule has 0 aliphatic carbocycles. The zero-order chi connectivity index (χ0) is 12.5. The van der Waals surface area contributed by atoms with Crippen molar-refractivity contribution >= 4 is 0 Å². The van der Waals surface area contributed by atoms with Crippen molar-refractivity contribution in [1.29, 1.82) is 0 Å². The van der Waals surface area contributed by atoms with Gasteiger partial charge in [0.1, 0.15) is 0 Å². The monoisotopic (exact) mass is 239 g/mol. The summed E-state index contributed by atoms with van der Waals surface area (Å²) >= 11 is 0. The van der Waals surface area contributed by atoms with Gasteiger partial charge in [0.2, 0.25) is 5.56 Å². The number of likely N-dealkylation sites (N-methyl/N-ethyl adjacent to an activating group) is 1. The number of hydrogen-bond donors (Lipinski definition) is 2. The summed E-state index contributed by atoms with van der Waals surface area (Å²) in [7, 11) is 3.76. The molecule has 5 heteroatoms. The van der Waals surface area contributed by atoms with E-state index in [1.165, 1.54) is 0 Å². The maximum atomic E-state index is 10.9. The maximum absolute atomic E-state index is 10.9. The van der Waals surface area contributed by atoms with E-state index in [4.69, 9.17) is 4.74 Å². The highest BCUT2D eigenvalue weighted by Gasteiger charge is 1.99. The summed E-state index contributed by atoms with van der Waals surface area (Å²) in [6.45, 7) is 4.35. The van der Waals surface area contributed by atoms with E-state index in [1.807, 2.05) is 6.07 Å². The molecule has 5 nitrogen and oxygen atoms in total. The lowest BCUT2D eigenvalue weighted by atomic mass is 10.3. The van der Waals surface area contributed by atoms with Crippen molar-refractivity contribution in [3.8, 4) is 0 Å². The van der Waals surface area contributed by atoms with Crippen LogP contribution < -0.4 is 10.9 Å². The number of aromatic amines is 1. The molecule has 0 aliphatic rings. The van der Waals surface area contributed by atoms with Crippen LogP contribution in [-0.4, -0.2) is 50.3 Å². The van der Waals surface area contributed by atoms with Crippen LogP contribution in [0.5, 0.6) is 0 Å². The molecule has 1 aromatic heterocycles. The second kappa shape index (κ2) is 8.00. The molecule has 1 rings (SSSR count). The van der Waals surface area contributed by atoms with Gasteiger partial charge in [-0.3, -0.25) is 4.79 Å². The van der Waals surface area contributed by atoms with Gasteiger partial charge in [0, 0.05) is 45.6 Å². The van der Waals surface area contributed by atoms with Crippen LogP contribution in [0.1, 0.15) is 5.56 Å². The van der Waals surface area contributed by atoms with Crippen molar-refractivity contribution in [2.75, 3.05) is 40.4 Å². The van der Waals surface area contributed by atoms with Gasteiger partial charge in [-0.05, 0) is 12.6 Å². The van der Waals surface area contributed by atoms with Gasteiger partial charge in [-0.1, -0.05) is 6.07 Å². The fraction of sp³-hybridized carbons (Fsp3) is 0.583. The van der Waals surface area contributed by atoms with E-state index in [0.717, 1.165) is 38.3 Å².